The second-order valence-corrected chi connectivity index (χ2v) is 3.78. The van der Waals surface area contributed by atoms with Crippen molar-refractivity contribution in [1.29, 1.82) is 0 Å². The van der Waals surface area contributed by atoms with E-state index in [1.54, 1.807) is 0 Å². The molecular weight excluding hydrogens is 182 g/mol. The smallest absolute Gasteiger partial charge is 0.311 e. The van der Waals surface area contributed by atoms with Crippen LogP contribution in [0.4, 0.5) is 8.78 Å². The van der Waals surface area contributed by atoms with Crippen LogP contribution < -0.4 is 0 Å². The zero-order chi connectivity index (χ0) is 9.64. The predicted octanol–water partition coefficient (Wildman–Crippen LogP) is 0.913. The van der Waals surface area contributed by atoms with Crippen molar-refractivity contribution in [2.24, 2.45) is 11.8 Å². The fraction of sp³-hybridized carbons (Fsp3) is 0.875. The molecule has 3 atom stereocenters. The first-order chi connectivity index (χ1) is 5.98. The van der Waals surface area contributed by atoms with Gasteiger partial charge in [-0.2, -0.15) is 0 Å². The number of hydrogen-bond acceptors (Lipinski definition) is 3. The molecule has 0 aromatic carbocycles. The fourth-order valence-electron chi connectivity index (χ4n) is 2.07. The maximum absolute atomic E-state index is 13.0. The molecule has 3 nitrogen and oxygen atoms in total. The zero-order valence-corrected chi connectivity index (χ0v) is 6.87. The van der Waals surface area contributed by atoms with Gasteiger partial charge in [0.1, 0.15) is 0 Å². The molecule has 1 heterocycles. The van der Waals surface area contributed by atoms with Crippen LogP contribution in [0, 0.1) is 11.8 Å². The molecule has 2 bridgehead atoms. The summed E-state index contributed by atoms with van der Waals surface area (Å²) in [5.41, 5.74) is 0. The Bertz CT molecular complexity index is 242. The number of ether oxygens (including phenoxy) is 1. The molecule has 1 aliphatic heterocycles. The van der Waals surface area contributed by atoms with Crippen molar-refractivity contribution in [3.63, 3.8) is 0 Å². The Morgan fingerprint density at radius 1 is 1.46 bits per heavy atom. The summed E-state index contributed by atoms with van der Waals surface area (Å²) in [5, 5.41) is 9.15. The van der Waals surface area contributed by atoms with Crippen LogP contribution in [0.1, 0.15) is 19.3 Å². The van der Waals surface area contributed by atoms with E-state index in [-0.39, 0.29) is 6.42 Å². The number of hydrogen-bond donors (Lipinski definition) is 1. The number of cyclic esters (lactones) is 1. The number of aliphatic hydroxyl groups excluding tert-OH is 1. The normalized spacial score (nSPS) is 42.7. The van der Waals surface area contributed by atoms with E-state index in [1.807, 2.05) is 0 Å². The van der Waals surface area contributed by atoms with E-state index < -0.39 is 36.4 Å². The number of esters is 1. The van der Waals surface area contributed by atoms with Crippen molar-refractivity contribution in [3.05, 3.63) is 0 Å². The highest BCUT2D eigenvalue weighted by Gasteiger charge is 2.50. The molecule has 0 spiro atoms. The number of aliphatic hydroxyl groups is 1. The third-order valence-corrected chi connectivity index (χ3v) is 2.67. The summed E-state index contributed by atoms with van der Waals surface area (Å²) in [6.45, 7) is 0. The monoisotopic (exact) mass is 192 g/mol. The molecule has 1 N–H and O–H groups in total. The second-order valence-electron chi connectivity index (χ2n) is 3.78. The van der Waals surface area contributed by atoms with Crippen LogP contribution in [0.3, 0.4) is 0 Å². The molecule has 0 aromatic rings. The molecule has 0 amide bonds. The number of alkyl halides is 2. The summed E-state index contributed by atoms with van der Waals surface area (Å²) in [6, 6.07) is 0. The minimum atomic E-state index is -2.83. The minimum absolute atomic E-state index is 0.329. The standard InChI is InChI=1S/C8H10F2O3/c9-8(10)2-4-1-5(3-8)7(12)13-6(4)11/h4-6,11H,1-3H2/t4-,5+,6?/m1/s1. The third kappa shape index (κ3) is 1.52. The number of carbonyl (C=O) groups is 1. The van der Waals surface area contributed by atoms with Gasteiger partial charge in [0, 0.05) is 18.8 Å². The van der Waals surface area contributed by atoms with Gasteiger partial charge in [-0.25, -0.2) is 8.78 Å². The second kappa shape index (κ2) is 2.64. The number of halogens is 2. The van der Waals surface area contributed by atoms with Crippen molar-refractivity contribution in [2.75, 3.05) is 0 Å². The maximum atomic E-state index is 13.0. The first-order valence-electron chi connectivity index (χ1n) is 4.24. The fourth-order valence-corrected chi connectivity index (χ4v) is 2.07. The molecule has 2 aliphatic rings. The van der Waals surface area contributed by atoms with Crippen LogP contribution >= 0.6 is 0 Å². The van der Waals surface area contributed by atoms with Crippen LogP contribution in [0.2, 0.25) is 0 Å². The van der Waals surface area contributed by atoms with Gasteiger partial charge in [-0.3, -0.25) is 4.79 Å². The van der Waals surface area contributed by atoms with Gasteiger partial charge in [0.25, 0.3) is 0 Å². The summed E-state index contributed by atoms with van der Waals surface area (Å²) in [4.78, 5) is 11.0. The average molecular weight is 192 g/mol. The lowest BCUT2D eigenvalue weighted by Gasteiger charge is -2.39. The first-order valence-corrected chi connectivity index (χ1v) is 4.24. The van der Waals surface area contributed by atoms with E-state index in [4.69, 9.17) is 5.11 Å². The highest BCUT2D eigenvalue weighted by atomic mass is 19.3. The lowest BCUT2D eigenvalue weighted by molar-refractivity contribution is -0.222. The van der Waals surface area contributed by atoms with E-state index >= 15 is 0 Å². The van der Waals surface area contributed by atoms with E-state index in [2.05, 4.69) is 4.74 Å². The summed E-state index contributed by atoms with van der Waals surface area (Å²) in [7, 11) is 0. The molecule has 2 rings (SSSR count). The molecule has 0 aromatic heterocycles. The Labute approximate surface area is 73.7 Å². The van der Waals surface area contributed by atoms with Crippen LogP contribution in [-0.2, 0) is 9.53 Å². The van der Waals surface area contributed by atoms with Crippen LogP contribution in [0.5, 0.6) is 0 Å². The first kappa shape index (κ1) is 8.87. The van der Waals surface area contributed by atoms with Gasteiger partial charge in [-0.05, 0) is 6.42 Å². The van der Waals surface area contributed by atoms with Crippen molar-refractivity contribution >= 4 is 5.97 Å². The number of carbonyl (C=O) groups excluding carboxylic acids is 1. The molecule has 0 radical (unpaired) electrons. The minimum Gasteiger partial charge on any atom is -0.435 e. The van der Waals surface area contributed by atoms with E-state index in [0.717, 1.165) is 0 Å². The molecule has 1 saturated carbocycles. The summed E-state index contributed by atoms with van der Waals surface area (Å²) >= 11 is 0. The van der Waals surface area contributed by atoms with Crippen molar-refractivity contribution in [2.45, 2.75) is 31.5 Å². The highest BCUT2D eigenvalue weighted by molar-refractivity contribution is 5.73. The van der Waals surface area contributed by atoms with Gasteiger partial charge in [-0.1, -0.05) is 0 Å². The van der Waals surface area contributed by atoms with Crippen molar-refractivity contribution in [3.8, 4) is 0 Å². The van der Waals surface area contributed by atoms with Crippen LogP contribution in [0.15, 0.2) is 0 Å². The van der Waals surface area contributed by atoms with Gasteiger partial charge < -0.3 is 9.84 Å². The maximum Gasteiger partial charge on any atom is 0.311 e. The Kier molecular flexibility index (Phi) is 1.80. The molecule has 1 aliphatic carbocycles. The number of rotatable bonds is 0. The Morgan fingerprint density at radius 3 is 2.85 bits per heavy atom. The van der Waals surface area contributed by atoms with E-state index in [0.29, 0.717) is 6.42 Å². The number of fused-ring (bicyclic) bond motifs is 2. The largest absolute Gasteiger partial charge is 0.435 e. The lowest BCUT2D eigenvalue weighted by Crippen LogP contribution is -2.47. The van der Waals surface area contributed by atoms with Gasteiger partial charge in [0.05, 0.1) is 5.92 Å². The molecule has 74 valence electrons. The molecule has 13 heavy (non-hydrogen) atoms. The Balaban J connectivity index is 2.18. The van der Waals surface area contributed by atoms with Crippen molar-refractivity contribution in [1.82, 2.24) is 0 Å². The molecule has 1 unspecified atom stereocenters. The highest BCUT2D eigenvalue weighted by Crippen LogP contribution is 2.44. The summed E-state index contributed by atoms with van der Waals surface area (Å²) in [5.74, 6) is -4.83. The zero-order valence-electron chi connectivity index (χ0n) is 6.87. The Morgan fingerprint density at radius 2 is 2.15 bits per heavy atom. The SMILES string of the molecule is O=C1OC(O)[C@@H]2C[C@H]1CC(F)(F)C2. The van der Waals surface area contributed by atoms with Gasteiger partial charge in [0.2, 0.25) is 12.2 Å². The van der Waals surface area contributed by atoms with Gasteiger partial charge in [-0.15, -0.1) is 0 Å². The molecular formula is C8H10F2O3. The summed E-state index contributed by atoms with van der Waals surface area (Å²) < 4.78 is 30.4. The van der Waals surface area contributed by atoms with Crippen LogP contribution in [0.25, 0.3) is 0 Å². The summed E-state index contributed by atoms with van der Waals surface area (Å²) in [6.07, 6.45) is -1.82. The third-order valence-electron chi connectivity index (χ3n) is 2.67. The Hall–Kier alpha value is -0.710. The van der Waals surface area contributed by atoms with Crippen molar-refractivity contribution < 1.29 is 23.4 Å². The quantitative estimate of drug-likeness (QED) is 0.580. The van der Waals surface area contributed by atoms with Crippen LogP contribution in [-0.4, -0.2) is 23.3 Å². The van der Waals surface area contributed by atoms with Gasteiger partial charge in [0.15, 0.2) is 0 Å². The lowest BCUT2D eigenvalue weighted by atomic mass is 9.77. The molecule has 5 heteroatoms. The van der Waals surface area contributed by atoms with E-state index in [1.165, 1.54) is 0 Å². The average Bonchev–Trinajstić information content (AvgIpc) is 1.98. The molecule has 1 saturated heterocycles. The topological polar surface area (TPSA) is 46.5 Å². The predicted molar refractivity (Wildman–Crippen MR) is 37.9 cm³/mol. The van der Waals surface area contributed by atoms with E-state index in [9.17, 15) is 13.6 Å². The molecule has 2 fully saturated rings. The van der Waals surface area contributed by atoms with Gasteiger partial charge >= 0.3 is 5.97 Å².